The van der Waals surface area contributed by atoms with E-state index in [0.717, 1.165) is 0 Å². The van der Waals surface area contributed by atoms with Crippen LogP contribution in [-0.2, 0) is 4.79 Å². The van der Waals surface area contributed by atoms with Crippen molar-refractivity contribution in [1.82, 2.24) is 4.98 Å². The van der Waals surface area contributed by atoms with Crippen LogP contribution >= 0.6 is 0 Å². The Morgan fingerprint density at radius 3 is 2.76 bits per heavy atom. The van der Waals surface area contributed by atoms with Crippen molar-refractivity contribution in [1.29, 1.82) is 0 Å². The van der Waals surface area contributed by atoms with Gasteiger partial charge in [0.15, 0.2) is 0 Å². The maximum absolute atomic E-state index is 11.4. The zero-order valence-electron chi connectivity index (χ0n) is 11.4. The number of hydrogen-bond donors (Lipinski definition) is 2. The standard InChI is InChI=1S/C14H14N4O3/c1-2-13(19)16-10-5-3-6-11(9-10)17-14-12(18(20)21)7-4-8-15-14/h3-9H,2H2,1H3,(H,15,17)(H,16,19). The minimum atomic E-state index is -0.502. The smallest absolute Gasteiger partial charge is 0.311 e. The Hall–Kier alpha value is -2.96. The zero-order valence-corrected chi connectivity index (χ0v) is 11.4. The first-order valence-corrected chi connectivity index (χ1v) is 6.36. The van der Waals surface area contributed by atoms with Gasteiger partial charge in [0.25, 0.3) is 0 Å². The molecule has 1 heterocycles. The highest BCUT2D eigenvalue weighted by atomic mass is 16.6. The van der Waals surface area contributed by atoms with Crippen LogP contribution in [0.25, 0.3) is 0 Å². The fourth-order valence-electron chi connectivity index (χ4n) is 1.70. The molecule has 2 N–H and O–H groups in total. The van der Waals surface area contributed by atoms with Crippen LogP contribution < -0.4 is 10.6 Å². The van der Waals surface area contributed by atoms with Crippen LogP contribution in [0.3, 0.4) is 0 Å². The number of carbonyl (C=O) groups excluding carboxylic acids is 1. The fourth-order valence-corrected chi connectivity index (χ4v) is 1.70. The Kier molecular flexibility index (Phi) is 4.45. The predicted octanol–water partition coefficient (Wildman–Crippen LogP) is 3.08. The Morgan fingerprint density at radius 2 is 2.05 bits per heavy atom. The number of pyridine rings is 1. The van der Waals surface area contributed by atoms with Crippen molar-refractivity contribution in [3.05, 3.63) is 52.7 Å². The molecule has 7 heteroatoms. The van der Waals surface area contributed by atoms with Gasteiger partial charge in [0, 0.05) is 30.1 Å². The summed E-state index contributed by atoms with van der Waals surface area (Å²) in [7, 11) is 0. The van der Waals surface area contributed by atoms with Crippen LogP contribution in [0.4, 0.5) is 22.9 Å². The van der Waals surface area contributed by atoms with E-state index in [1.165, 1.54) is 18.3 Å². The van der Waals surface area contributed by atoms with Gasteiger partial charge in [-0.1, -0.05) is 13.0 Å². The Morgan fingerprint density at radius 1 is 1.29 bits per heavy atom. The number of nitrogens with one attached hydrogen (secondary N) is 2. The van der Waals surface area contributed by atoms with E-state index in [1.54, 1.807) is 31.2 Å². The highest BCUT2D eigenvalue weighted by Crippen LogP contribution is 2.25. The third-order valence-corrected chi connectivity index (χ3v) is 2.71. The van der Waals surface area contributed by atoms with E-state index in [9.17, 15) is 14.9 Å². The lowest BCUT2D eigenvalue weighted by molar-refractivity contribution is -0.384. The summed E-state index contributed by atoms with van der Waals surface area (Å²) in [5.74, 6) is 0.0532. The molecular weight excluding hydrogens is 272 g/mol. The van der Waals surface area contributed by atoms with E-state index in [2.05, 4.69) is 15.6 Å². The van der Waals surface area contributed by atoms with E-state index >= 15 is 0 Å². The number of aromatic nitrogens is 1. The average molecular weight is 286 g/mol. The summed E-state index contributed by atoms with van der Waals surface area (Å²) in [6.07, 6.45) is 1.85. The second-order valence-electron chi connectivity index (χ2n) is 4.24. The lowest BCUT2D eigenvalue weighted by atomic mass is 10.2. The number of anilines is 3. The van der Waals surface area contributed by atoms with Gasteiger partial charge in [-0.2, -0.15) is 0 Å². The Labute approximate surface area is 121 Å². The quantitative estimate of drug-likeness (QED) is 0.650. The third kappa shape index (κ3) is 3.75. The minimum Gasteiger partial charge on any atom is -0.334 e. The molecule has 2 rings (SSSR count). The number of carbonyl (C=O) groups is 1. The molecule has 0 bridgehead atoms. The number of rotatable bonds is 5. The van der Waals surface area contributed by atoms with E-state index in [-0.39, 0.29) is 17.4 Å². The highest BCUT2D eigenvalue weighted by Gasteiger charge is 2.14. The molecule has 21 heavy (non-hydrogen) atoms. The molecule has 0 aliphatic heterocycles. The van der Waals surface area contributed by atoms with Gasteiger partial charge in [-0.15, -0.1) is 0 Å². The van der Waals surface area contributed by atoms with Crippen LogP contribution in [0.1, 0.15) is 13.3 Å². The van der Waals surface area contributed by atoms with Crippen molar-refractivity contribution in [2.75, 3.05) is 10.6 Å². The lowest BCUT2D eigenvalue weighted by Crippen LogP contribution is -2.09. The van der Waals surface area contributed by atoms with Gasteiger partial charge < -0.3 is 10.6 Å². The van der Waals surface area contributed by atoms with Crippen molar-refractivity contribution in [3.63, 3.8) is 0 Å². The number of benzene rings is 1. The number of hydrogen-bond acceptors (Lipinski definition) is 5. The summed E-state index contributed by atoms with van der Waals surface area (Å²) >= 11 is 0. The van der Waals surface area contributed by atoms with Crippen molar-refractivity contribution >= 4 is 28.8 Å². The zero-order chi connectivity index (χ0) is 15.2. The van der Waals surface area contributed by atoms with E-state index in [4.69, 9.17) is 0 Å². The average Bonchev–Trinajstić information content (AvgIpc) is 2.48. The summed E-state index contributed by atoms with van der Waals surface area (Å²) in [5, 5.41) is 16.5. The van der Waals surface area contributed by atoms with Gasteiger partial charge >= 0.3 is 5.69 Å². The van der Waals surface area contributed by atoms with Crippen LogP contribution in [0.2, 0.25) is 0 Å². The Balaban J connectivity index is 2.22. The predicted molar refractivity (Wildman–Crippen MR) is 79.5 cm³/mol. The van der Waals surface area contributed by atoms with Crippen LogP contribution in [0, 0.1) is 10.1 Å². The molecule has 0 aliphatic carbocycles. The van der Waals surface area contributed by atoms with E-state index in [1.807, 2.05) is 0 Å². The summed E-state index contributed by atoms with van der Waals surface area (Å²) in [5.41, 5.74) is 1.11. The summed E-state index contributed by atoms with van der Waals surface area (Å²) in [6.45, 7) is 1.76. The third-order valence-electron chi connectivity index (χ3n) is 2.71. The van der Waals surface area contributed by atoms with Crippen molar-refractivity contribution in [2.24, 2.45) is 0 Å². The first-order valence-electron chi connectivity index (χ1n) is 6.36. The molecule has 0 radical (unpaired) electrons. The van der Waals surface area contributed by atoms with E-state index < -0.39 is 4.92 Å². The number of amides is 1. The maximum Gasteiger partial charge on any atom is 0.311 e. The molecule has 108 valence electrons. The highest BCUT2D eigenvalue weighted by molar-refractivity contribution is 5.91. The van der Waals surface area contributed by atoms with E-state index in [0.29, 0.717) is 17.8 Å². The van der Waals surface area contributed by atoms with Crippen LogP contribution in [-0.4, -0.2) is 15.8 Å². The van der Waals surface area contributed by atoms with Crippen molar-refractivity contribution in [2.45, 2.75) is 13.3 Å². The summed E-state index contributed by atoms with van der Waals surface area (Å²) in [4.78, 5) is 25.8. The van der Waals surface area contributed by atoms with Gasteiger partial charge in [-0.05, 0) is 24.3 Å². The second-order valence-corrected chi connectivity index (χ2v) is 4.24. The molecule has 0 saturated carbocycles. The molecule has 1 aromatic heterocycles. The normalized spacial score (nSPS) is 9.95. The number of nitro groups is 1. The monoisotopic (exact) mass is 286 g/mol. The molecule has 7 nitrogen and oxygen atoms in total. The number of nitrogens with zero attached hydrogens (tertiary/aromatic N) is 2. The van der Waals surface area contributed by atoms with Crippen LogP contribution in [0.5, 0.6) is 0 Å². The first-order chi connectivity index (χ1) is 10.1. The molecule has 0 unspecified atom stereocenters. The second kappa shape index (κ2) is 6.47. The molecule has 1 amide bonds. The van der Waals surface area contributed by atoms with Gasteiger partial charge in [0.05, 0.1) is 4.92 Å². The molecular formula is C14H14N4O3. The Bertz CT molecular complexity index is 673. The van der Waals surface area contributed by atoms with Gasteiger partial charge in [0.2, 0.25) is 11.7 Å². The topological polar surface area (TPSA) is 97.2 Å². The fraction of sp³-hybridized carbons (Fsp3) is 0.143. The maximum atomic E-state index is 11.4. The lowest BCUT2D eigenvalue weighted by Gasteiger charge is -2.08. The molecule has 1 aromatic carbocycles. The summed E-state index contributed by atoms with van der Waals surface area (Å²) < 4.78 is 0. The van der Waals surface area contributed by atoms with Gasteiger partial charge in [0.1, 0.15) is 0 Å². The van der Waals surface area contributed by atoms with Gasteiger partial charge in [-0.3, -0.25) is 14.9 Å². The molecule has 0 saturated heterocycles. The molecule has 2 aromatic rings. The molecule has 0 atom stereocenters. The van der Waals surface area contributed by atoms with Crippen molar-refractivity contribution in [3.8, 4) is 0 Å². The summed E-state index contributed by atoms with van der Waals surface area (Å²) in [6, 6.07) is 9.78. The van der Waals surface area contributed by atoms with Crippen molar-refractivity contribution < 1.29 is 9.72 Å². The molecule has 0 fully saturated rings. The SMILES string of the molecule is CCC(=O)Nc1cccc(Nc2ncccc2[N+](=O)[O-])c1. The van der Waals surface area contributed by atoms with Gasteiger partial charge in [-0.25, -0.2) is 4.98 Å². The minimum absolute atomic E-state index is 0.101. The molecule has 0 aliphatic rings. The van der Waals surface area contributed by atoms with Crippen LogP contribution in [0.15, 0.2) is 42.6 Å². The largest absolute Gasteiger partial charge is 0.334 e. The first kappa shape index (κ1) is 14.4. The molecule has 0 spiro atoms.